The van der Waals surface area contributed by atoms with Gasteiger partial charge in [0.05, 0.1) is 6.20 Å². The summed E-state index contributed by atoms with van der Waals surface area (Å²) in [5, 5.41) is 4.12. The molecule has 0 saturated heterocycles. The van der Waals surface area contributed by atoms with E-state index in [1.807, 2.05) is 26.4 Å². The molecule has 0 aromatic carbocycles. The summed E-state index contributed by atoms with van der Waals surface area (Å²) in [6.45, 7) is 2.01. The Balaban J connectivity index is 2.27. The van der Waals surface area contributed by atoms with Gasteiger partial charge in [-0.15, -0.1) is 0 Å². The first-order valence-corrected chi connectivity index (χ1v) is 4.83. The number of aryl methyl sites for hydroxylation is 2. The third-order valence-corrected chi connectivity index (χ3v) is 2.29. The smallest absolute Gasteiger partial charge is 0.126 e. The van der Waals surface area contributed by atoms with E-state index in [2.05, 4.69) is 16.1 Å². The fourth-order valence-corrected chi connectivity index (χ4v) is 1.56. The topological polar surface area (TPSA) is 56.7 Å². The maximum absolute atomic E-state index is 5.81. The van der Waals surface area contributed by atoms with Gasteiger partial charge in [0.15, 0.2) is 0 Å². The van der Waals surface area contributed by atoms with E-state index in [1.54, 1.807) is 10.9 Å². The minimum absolute atomic E-state index is 0.601. The molecule has 0 saturated carbocycles. The van der Waals surface area contributed by atoms with Crippen molar-refractivity contribution < 1.29 is 0 Å². The number of aromatic nitrogens is 3. The number of anilines is 1. The molecule has 0 atom stereocenters. The number of nitrogens with two attached hydrogens (primary N) is 1. The van der Waals surface area contributed by atoms with E-state index in [0.717, 1.165) is 23.1 Å². The van der Waals surface area contributed by atoms with Crippen LogP contribution in [0.2, 0.25) is 0 Å². The Morgan fingerprint density at radius 1 is 1.40 bits per heavy atom. The largest absolute Gasteiger partial charge is 0.383 e. The normalized spacial score (nSPS) is 10.5. The van der Waals surface area contributed by atoms with Gasteiger partial charge in [0.1, 0.15) is 5.82 Å². The van der Waals surface area contributed by atoms with Crippen LogP contribution in [0.15, 0.2) is 24.7 Å². The van der Waals surface area contributed by atoms with Crippen LogP contribution >= 0.6 is 0 Å². The monoisotopic (exact) mass is 202 g/mol. The zero-order valence-corrected chi connectivity index (χ0v) is 8.94. The van der Waals surface area contributed by atoms with Gasteiger partial charge in [-0.25, -0.2) is 4.98 Å². The van der Waals surface area contributed by atoms with E-state index in [4.69, 9.17) is 5.73 Å². The van der Waals surface area contributed by atoms with Gasteiger partial charge in [-0.2, -0.15) is 5.10 Å². The summed E-state index contributed by atoms with van der Waals surface area (Å²) < 4.78 is 1.79. The maximum Gasteiger partial charge on any atom is 0.126 e. The highest BCUT2D eigenvalue weighted by Crippen LogP contribution is 2.14. The first kappa shape index (κ1) is 9.71. The van der Waals surface area contributed by atoms with Crippen LogP contribution in [-0.2, 0) is 13.5 Å². The van der Waals surface area contributed by atoms with Crippen LogP contribution in [0.4, 0.5) is 5.82 Å². The summed E-state index contributed by atoms with van der Waals surface area (Å²) in [7, 11) is 1.90. The molecule has 78 valence electrons. The summed E-state index contributed by atoms with van der Waals surface area (Å²) >= 11 is 0. The molecule has 2 heterocycles. The fourth-order valence-electron chi connectivity index (χ4n) is 1.56. The Bertz CT molecular complexity index is 473. The van der Waals surface area contributed by atoms with Crippen LogP contribution in [0.5, 0.6) is 0 Å². The molecular weight excluding hydrogens is 188 g/mol. The first-order valence-electron chi connectivity index (χ1n) is 4.83. The van der Waals surface area contributed by atoms with Crippen molar-refractivity contribution in [3.05, 3.63) is 41.3 Å². The second kappa shape index (κ2) is 3.73. The highest BCUT2D eigenvalue weighted by molar-refractivity contribution is 5.43. The summed E-state index contributed by atoms with van der Waals surface area (Å²) in [5.41, 5.74) is 9.14. The molecule has 0 amide bonds. The van der Waals surface area contributed by atoms with Crippen molar-refractivity contribution in [1.29, 1.82) is 0 Å². The van der Waals surface area contributed by atoms with Gasteiger partial charge in [-0.1, -0.05) is 6.07 Å². The number of hydrogen-bond acceptors (Lipinski definition) is 3. The number of pyridine rings is 1. The number of nitrogen functional groups attached to an aromatic ring is 1. The molecule has 0 aliphatic heterocycles. The number of hydrogen-bond donors (Lipinski definition) is 1. The van der Waals surface area contributed by atoms with E-state index in [1.165, 1.54) is 0 Å². The van der Waals surface area contributed by atoms with Gasteiger partial charge in [0, 0.05) is 25.9 Å². The van der Waals surface area contributed by atoms with Crippen LogP contribution in [0.1, 0.15) is 16.7 Å². The van der Waals surface area contributed by atoms with Gasteiger partial charge < -0.3 is 5.73 Å². The van der Waals surface area contributed by atoms with Gasteiger partial charge in [0.2, 0.25) is 0 Å². The molecule has 0 aliphatic carbocycles. The zero-order valence-electron chi connectivity index (χ0n) is 8.94. The standard InChI is InChI=1S/C11H14N4/c1-8-3-10(11(12)13-5-8)4-9-6-14-15(2)7-9/h3,5-7H,4H2,1-2H3,(H2,12,13). The Morgan fingerprint density at radius 3 is 2.87 bits per heavy atom. The van der Waals surface area contributed by atoms with Crippen LogP contribution in [0.3, 0.4) is 0 Å². The average molecular weight is 202 g/mol. The van der Waals surface area contributed by atoms with E-state index in [0.29, 0.717) is 5.82 Å². The molecule has 2 aromatic heterocycles. The van der Waals surface area contributed by atoms with E-state index in [9.17, 15) is 0 Å². The van der Waals surface area contributed by atoms with Gasteiger partial charge in [-0.3, -0.25) is 4.68 Å². The predicted molar refractivity (Wildman–Crippen MR) is 59.4 cm³/mol. The lowest BCUT2D eigenvalue weighted by atomic mass is 10.1. The first-order chi connectivity index (χ1) is 7.15. The Hall–Kier alpha value is -1.84. The van der Waals surface area contributed by atoms with Crippen molar-refractivity contribution in [2.24, 2.45) is 7.05 Å². The average Bonchev–Trinajstić information content (AvgIpc) is 2.58. The molecule has 4 heteroatoms. The van der Waals surface area contributed by atoms with Crippen molar-refractivity contribution in [3.63, 3.8) is 0 Å². The molecular formula is C11H14N4. The third kappa shape index (κ3) is 2.15. The summed E-state index contributed by atoms with van der Waals surface area (Å²) in [6.07, 6.45) is 6.40. The maximum atomic E-state index is 5.81. The highest BCUT2D eigenvalue weighted by atomic mass is 15.2. The third-order valence-electron chi connectivity index (χ3n) is 2.29. The molecule has 4 nitrogen and oxygen atoms in total. The molecule has 0 spiro atoms. The molecule has 2 rings (SSSR count). The fraction of sp³-hybridized carbons (Fsp3) is 0.273. The lowest BCUT2D eigenvalue weighted by molar-refractivity contribution is 0.767. The second-order valence-corrected chi connectivity index (χ2v) is 3.76. The molecule has 2 aromatic rings. The number of rotatable bonds is 2. The van der Waals surface area contributed by atoms with Crippen LogP contribution in [0.25, 0.3) is 0 Å². The lowest BCUT2D eigenvalue weighted by Gasteiger charge is -2.03. The van der Waals surface area contributed by atoms with Crippen LogP contribution < -0.4 is 5.73 Å². The minimum Gasteiger partial charge on any atom is -0.383 e. The molecule has 2 N–H and O–H groups in total. The van der Waals surface area contributed by atoms with E-state index < -0.39 is 0 Å². The lowest BCUT2D eigenvalue weighted by Crippen LogP contribution is -1.98. The van der Waals surface area contributed by atoms with Crippen molar-refractivity contribution >= 4 is 5.82 Å². The van der Waals surface area contributed by atoms with Gasteiger partial charge >= 0.3 is 0 Å². The Kier molecular flexibility index (Phi) is 2.41. The van der Waals surface area contributed by atoms with Gasteiger partial charge in [-0.05, 0) is 23.6 Å². The summed E-state index contributed by atoms with van der Waals surface area (Å²) in [6, 6.07) is 2.06. The minimum atomic E-state index is 0.601. The highest BCUT2D eigenvalue weighted by Gasteiger charge is 2.03. The van der Waals surface area contributed by atoms with Crippen molar-refractivity contribution in [1.82, 2.24) is 14.8 Å². The quantitative estimate of drug-likeness (QED) is 0.798. The second-order valence-electron chi connectivity index (χ2n) is 3.76. The van der Waals surface area contributed by atoms with Crippen molar-refractivity contribution in [2.45, 2.75) is 13.3 Å². The Morgan fingerprint density at radius 2 is 2.20 bits per heavy atom. The predicted octanol–water partition coefficient (Wildman–Crippen LogP) is 1.30. The summed E-state index contributed by atoms with van der Waals surface area (Å²) in [5.74, 6) is 0.601. The molecule has 0 unspecified atom stereocenters. The van der Waals surface area contributed by atoms with E-state index in [-0.39, 0.29) is 0 Å². The molecule has 15 heavy (non-hydrogen) atoms. The van der Waals surface area contributed by atoms with Crippen molar-refractivity contribution in [2.75, 3.05) is 5.73 Å². The zero-order chi connectivity index (χ0) is 10.8. The van der Waals surface area contributed by atoms with Gasteiger partial charge in [0.25, 0.3) is 0 Å². The molecule has 0 fully saturated rings. The molecule has 0 bridgehead atoms. The molecule has 0 radical (unpaired) electrons. The SMILES string of the molecule is Cc1cnc(N)c(Cc2cnn(C)c2)c1. The van der Waals surface area contributed by atoms with E-state index >= 15 is 0 Å². The molecule has 0 aliphatic rings. The van der Waals surface area contributed by atoms with Crippen molar-refractivity contribution in [3.8, 4) is 0 Å². The summed E-state index contributed by atoms with van der Waals surface area (Å²) in [4.78, 5) is 4.13. The van der Waals surface area contributed by atoms with Crippen LogP contribution in [-0.4, -0.2) is 14.8 Å². The number of nitrogens with zero attached hydrogens (tertiary/aromatic N) is 3. The van der Waals surface area contributed by atoms with Crippen LogP contribution in [0, 0.1) is 6.92 Å². The Labute approximate surface area is 88.8 Å².